The quantitative estimate of drug-likeness (QED) is 0.867. The molecular weight excluding hydrogens is 244 g/mol. The Morgan fingerprint density at radius 3 is 2.89 bits per heavy atom. The van der Waals surface area contributed by atoms with E-state index < -0.39 is 0 Å². The summed E-state index contributed by atoms with van der Waals surface area (Å²) in [6, 6.07) is 1.58. The van der Waals surface area contributed by atoms with Gasteiger partial charge < -0.3 is 15.0 Å². The minimum absolute atomic E-state index is 0.0833. The Bertz CT molecular complexity index is 432. The fourth-order valence-electron chi connectivity index (χ4n) is 2.01. The first-order chi connectivity index (χ1) is 9.20. The van der Waals surface area contributed by atoms with Gasteiger partial charge in [0, 0.05) is 24.8 Å². The van der Waals surface area contributed by atoms with Crippen LogP contribution in [0.3, 0.4) is 0 Å². The second-order valence-electron chi connectivity index (χ2n) is 4.55. The number of nitrogens with zero attached hydrogens (tertiary/aromatic N) is 3. The molecule has 0 spiro atoms. The summed E-state index contributed by atoms with van der Waals surface area (Å²) in [4.78, 5) is 22.3. The van der Waals surface area contributed by atoms with Crippen molar-refractivity contribution in [3.8, 4) is 0 Å². The number of morpholine rings is 1. The lowest BCUT2D eigenvalue weighted by molar-refractivity contribution is -0.135. The highest BCUT2D eigenvalue weighted by molar-refractivity contribution is 5.84. The largest absolute Gasteiger partial charge is 0.378 e. The first kappa shape index (κ1) is 13.7. The molecule has 1 aliphatic rings. The van der Waals surface area contributed by atoms with Gasteiger partial charge in [0.2, 0.25) is 5.91 Å². The standard InChI is InChI=1S/C13H20N4O2/c1-3-11-8-12(15-9-14-11)16-10(2)13(18)17-4-6-19-7-5-17/h8-10H,3-7H2,1-2H3,(H,14,15,16). The summed E-state index contributed by atoms with van der Waals surface area (Å²) in [7, 11) is 0. The molecule has 1 unspecified atom stereocenters. The van der Waals surface area contributed by atoms with E-state index in [9.17, 15) is 4.79 Å². The molecule has 0 radical (unpaired) electrons. The second kappa shape index (κ2) is 6.47. The van der Waals surface area contributed by atoms with Gasteiger partial charge in [-0.05, 0) is 13.3 Å². The summed E-state index contributed by atoms with van der Waals surface area (Å²) in [6.07, 6.45) is 2.37. The average molecular weight is 264 g/mol. The summed E-state index contributed by atoms with van der Waals surface area (Å²) >= 11 is 0. The smallest absolute Gasteiger partial charge is 0.244 e. The van der Waals surface area contributed by atoms with Crippen molar-refractivity contribution >= 4 is 11.7 Å². The highest BCUT2D eigenvalue weighted by Crippen LogP contribution is 2.08. The van der Waals surface area contributed by atoms with Gasteiger partial charge in [-0.2, -0.15) is 0 Å². The molecule has 0 bridgehead atoms. The Labute approximate surface area is 113 Å². The summed E-state index contributed by atoms with van der Waals surface area (Å²) < 4.78 is 5.24. The maximum atomic E-state index is 12.2. The van der Waals surface area contributed by atoms with Crippen LogP contribution >= 0.6 is 0 Å². The van der Waals surface area contributed by atoms with Crippen molar-refractivity contribution in [2.24, 2.45) is 0 Å². The maximum Gasteiger partial charge on any atom is 0.244 e. The Balaban J connectivity index is 1.95. The highest BCUT2D eigenvalue weighted by Gasteiger charge is 2.22. The fourth-order valence-corrected chi connectivity index (χ4v) is 2.01. The molecule has 1 N–H and O–H groups in total. The van der Waals surface area contributed by atoms with Crippen LogP contribution in [0.25, 0.3) is 0 Å². The van der Waals surface area contributed by atoms with Crippen molar-refractivity contribution in [1.82, 2.24) is 14.9 Å². The topological polar surface area (TPSA) is 67.4 Å². The van der Waals surface area contributed by atoms with Crippen molar-refractivity contribution in [2.45, 2.75) is 26.3 Å². The minimum atomic E-state index is -0.294. The summed E-state index contributed by atoms with van der Waals surface area (Å²) in [5.41, 5.74) is 0.962. The molecule has 2 heterocycles. The molecule has 1 amide bonds. The van der Waals surface area contributed by atoms with E-state index in [0.29, 0.717) is 32.1 Å². The van der Waals surface area contributed by atoms with E-state index in [2.05, 4.69) is 15.3 Å². The van der Waals surface area contributed by atoms with Crippen LogP contribution in [0, 0.1) is 0 Å². The van der Waals surface area contributed by atoms with Crippen molar-refractivity contribution in [3.63, 3.8) is 0 Å². The highest BCUT2D eigenvalue weighted by atomic mass is 16.5. The number of hydrogen-bond donors (Lipinski definition) is 1. The van der Waals surface area contributed by atoms with Gasteiger partial charge in [-0.3, -0.25) is 4.79 Å². The third-order valence-electron chi connectivity index (χ3n) is 3.14. The van der Waals surface area contributed by atoms with Crippen molar-refractivity contribution < 1.29 is 9.53 Å². The van der Waals surface area contributed by atoms with Gasteiger partial charge in [-0.15, -0.1) is 0 Å². The molecule has 6 heteroatoms. The molecule has 1 fully saturated rings. The number of ether oxygens (including phenoxy) is 1. The molecule has 1 atom stereocenters. The fraction of sp³-hybridized carbons (Fsp3) is 0.615. The number of rotatable bonds is 4. The van der Waals surface area contributed by atoms with Crippen LogP contribution in [-0.2, 0) is 16.0 Å². The van der Waals surface area contributed by atoms with E-state index >= 15 is 0 Å². The zero-order valence-electron chi connectivity index (χ0n) is 11.4. The average Bonchev–Trinajstić information content (AvgIpc) is 2.47. The SMILES string of the molecule is CCc1cc(NC(C)C(=O)N2CCOCC2)ncn1. The van der Waals surface area contributed by atoms with E-state index in [-0.39, 0.29) is 11.9 Å². The third-order valence-corrected chi connectivity index (χ3v) is 3.14. The number of aryl methyl sites for hydroxylation is 1. The minimum Gasteiger partial charge on any atom is -0.378 e. The van der Waals surface area contributed by atoms with Crippen LogP contribution < -0.4 is 5.32 Å². The second-order valence-corrected chi connectivity index (χ2v) is 4.55. The van der Waals surface area contributed by atoms with Crippen molar-refractivity contribution in [1.29, 1.82) is 0 Å². The van der Waals surface area contributed by atoms with E-state index in [1.54, 1.807) is 0 Å². The zero-order valence-corrected chi connectivity index (χ0v) is 11.4. The predicted molar refractivity (Wildman–Crippen MR) is 71.9 cm³/mol. The molecule has 1 aliphatic heterocycles. The Morgan fingerprint density at radius 1 is 1.47 bits per heavy atom. The van der Waals surface area contributed by atoms with Gasteiger partial charge in [-0.1, -0.05) is 6.92 Å². The van der Waals surface area contributed by atoms with Gasteiger partial charge in [-0.25, -0.2) is 9.97 Å². The van der Waals surface area contributed by atoms with E-state index in [1.807, 2.05) is 24.8 Å². The monoisotopic (exact) mass is 264 g/mol. The maximum absolute atomic E-state index is 12.2. The lowest BCUT2D eigenvalue weighted by Gasteiger charge is -2.29. The molecule has 2 rings (SSSR count). The van der Waals surface area contributed by atoms with Gasteiger partial charge in [0.15, 0.2) is 0 Å². The third kappa shape index (κ3) is 3.64. The Morgan fingerprint density at radius 2 is 2.21 bits per heavy atom. The van der Waals surface area contributed by atoms with Crippen molar-refractivity contribution in [2.75, 3.05) is 31.6 Å². The van der Waals surface area contributed by atoms with Crippen LogP contribution in [0.1, 0.15) is 19.5 Å². The number of anilines is 1. The first-order valence-corrected chi connectivity index (χ1v) is 6.64. The van der Waals surface area contributed by atoms with Crippen LogP contribution in [-0.4, -0.2) is 53.1 Å². The van der Waals surface area contributed by atoms with E-state index in [4.69, 9.17) is 4.74 Å². The summed E-state index contributed by atoms with van der Waals surface area (Å²) in [5, 5.41) is 3.13. The van der Waals surface area contributed by atoms with Crippen molar-refractivity contribution in [3.05, 3.63) is 18.1 Å². The number of aromatic nitrogens is 2. The summed E-state index contributed by atoms with van der Waals surface area (Å²) in [6.45, 7) is 6.45. The molecule has 1 aromatic rings. The predicted octanol–water partition coefficient (Wildman–Crippen LogP) is 0.698. The van der Waals surface area contributed by atoms with Gasteiger partial charge in [0.05, 0.1) is 13.2 Å². The van der Waals surface area contributed by atoms with Gasteiger partial charge >= 0.3 is 0 Å². The normalized spacial score (nSPS) is 17.1. The van der Waals surface area contributed by atoms with E-state index in [0.717, 1.165) is 12.1 Å². The molecular formula is C13H20N4O2. The molecule has 19 heavy (non-hydrogen) atoms. The zero-order chi connectivity index (χ0) is 13.7. The number of hydrogen-bond acceptors (Lipinski definition) is 5. The first-order valence-electron chi connectivity index (χ1n) is 6.64. The number of amides is 1. The molecule has 1 aromatic heterocycles. The van der Waals surface area contributed by atoms with Gasteiger partial charge in [0.25, 0.3) is 0 Å². The lowest BCUT2D eigenvalue weighted by Crippen LogP contribution is -2.47. The van der Waals surface area contributed by atoms with Crippen LogP contribution in [0.15, 0.2) is 12.4 Å². The number of carbonyl (C=O) groups is 1. The van der Waals surface area contributed by atoms with Crippen LogP contribution in [0.4, 0.5) is 5.82 Å². The number of nitrogens with one attached hydrogen (secondary N) is 1. The molecule has 1 saturated heterocycles. The molecule has 0 saturated carbocycles. The molecule has 104 valence electrons. The van der Waals surface area contributed by atoms with Crippen LogP contribution in [0.2, 0.25) is 0 Å². The molecule has 0 aromatic carbocycles. The Hall–Kier alpha value is -1.69. The lowest BCUT2D eigenvalue weighted by atomic mass is 10.2. The number of carbonyl (C=O) groups excluding carboxylic acids is 1. The van der Waals surface area contributed by atoms with Crippen LogP contribution in [0.5, 0.6) is 0 Å². The summed E-state index contributed by atoms with van der Waals surface area (Å²) in [5.74, 6) is 0.779. The molecule has 6 nitrogen and oxygen atoms in total. The Kier molecular flexibility index (Phi) is 4.68. The van der Waals surface area contributed by atoms with E-state index in [1.165, 1.54) is 6.33 Å². The van der Waals surface area contributed by atoms with Gasteiger partial charge in [0.1, 0.15) is 18.2 Å². The molecule has 0 aliphatic carbocycles.